The van der Waals surface area contributed by atoms with Gasteiger partial charge in [0.1, 0.15) is 16.4 Å². The van der Waals surface area contributed by atoms with Crippen molar-refractivity contribution in [3.8, 4) is 17.6 Å². The predicted octanol–water partition coefficient (Wildman–Crippen LogP) is 2.94. The first-order valence-electron chi connectivity index (χ1n) is 9.10. The highest BCUT2D eigenvalue weighted by molar-refractivity contribution is 7.89. The number of amides is 1. The minimum absolute atomic E-state index is 0.0173. The van der Waals surface area contributed by atoms with E-state index in [0.29, 0.717) is 36.4 Å². The molecule has 30 heavy (non-hydrogen) atoms. The molecule has 0 saturated heterocycles. The van der Waals surface area contributed by atoms with Gasteiger partial charge in [0, 0.05) is 24.3 Å². The largest absolute Gasteiger partial charge is 0.495 e. The Morgan fingerprint density at radius 2 is 2.03 bits per heavy atom. The lowest BCUT2D eigenvalue weighted by Crippen LogP contribution is -2.19. The van der Waals surface area contributed by atoms with Crippen molar-refractivity contribution in [1.82, 2.24) is 4.72 Å². The number of carbonyl (C=O) groups excluding carboxylic acids is 1. The molecule has 0 aliphatic heterocycles. The molecule has 1 amide bonds. The molecule has 0 aliphatic carbocycles. The molecule has 2 rings (SSSR count). The Morgan fingerprint density at radius 3 is 2.73 bits per heavy atom. The van der Waals surface area contributed by atoms with Gasteiger partial charge in [-0.1, -0.05) is 12.1 Å². The number of methoxy groups -OCH3 is 1. The van der Waals surface area contributed by atoms with Crippen LogP contribution in [0.2, 0.25) is 0 Å². The van der Waals surface area contributed by atoms with Gasteiger partial charge in [-0.25, -0.2) is 13.1 Å². The fraction of sp³-hybridized carbons (Fsp3) is 0.238. The second-order valence-corrected chi connectivity index (χ2v) is 7.93. The maximum atomic E-state index is 12.2. The standard InChI is InChI=1S/C21H23N3O5S/c1-23-30(26,27)20-14-16(8-10-19(20)28-2)9-11-21(25)24-17-6-5-7-18(15-17)29-13-4-3-12-22/h5-11,14-15,23H,3-4,13H2,1-2H3,(H,24,25)/b11-9+. The van der Waals surface area contributed by atoms with Crippen molar-refractivity contribution in [2.24, 2.45) is 0 Å². The summed E-state index contributed by atoms with van der Waals surface area (Å²) in [6.07, 6.45) is 3.86. The lowest BCUT2D eigenvalue weighted by molar-refractivity contribution is -0.111. The fourth-order valence-electron chi connectivity index (χ4n) is 2.48. The van der Waals surface area contributed by atoms with Gasteiger partial charge < -0.3 is 14.8 Å². The number of nitrogens with zero attached hydrogens (tertiary/aromatic N) is 1. The van der Waals surface area contributed by atoms with Crippen LogP contribution in [0.15, 0.2) is 53.4 Å². The van der Waals surface area contributed by atoms with E-state index < -0.39 is 10.0 Å². The first kappa shape index (κ1) is 22.9. The Bertz CT molecular complexity index is 1060. The third-order valence-electron chi connectivity index (χ3n) is 3.98. The third kappa shape index (κ3) is 6.62. The third-order valence-corrected chi connectivity index (χ3v) is 5.41. The van der Waals surface area contributed by atoms with Crippen LogP contribution in [-0.2, 0) is 14.8 Å². The molecule has 0 heterocycles. The SMILES string of the molecule is CNS(=O)(=O)c1cc(/C=C/C(=O)Nc2cccc(OCCCC#N)c2)ccc1OC. The average molecular weight is 429 g/mol. The maximum Gasteiger partial charge on any atom is 0.248 e. The molecular formula is C21H23N3O5S. The molecular weight excluding hydrogens is 406 g/mol. The van der Waals surface area contributed by atoms with Crippen LogP contribution in [0.25, 0.3) is 6.08 Å². The van der Waals surface area contributed by atoms with E-state index in [2.05, 4.69) is 16.1 Å². The number of nitriles is 1. The minimum atomic E-state index is -3.71. The zero-order chi connectivity index (χ0) is 22.0. The molecule has 2 aromatic carbocycles. The van der Waals surface area contributed by atoms with E-state index in [1.54, 1.807) is 30.3 Å². The van der Waals surface area contributed by atoms with Crippen molar-refractivity contribution in [1.29, 1.82) is 5.26 Å². The quantitative estimate of drug-likeness (QED) is 0.443. The average Bonchev–Trinajstić information content (AvgIpc) is 2.75. The van der Waals surface area contributed by atoms with E-state index >= 15 is 0 Å². The van der Waals surface area contributed by atoms with Crippen LogP contribution in [0, 0.1) is 11.3 Å². The molecule has 0 bridgehead atoms. The summed E-state index contributed by atoms with van der Waals surface area (Å²) in [6.45, 7) is 0.417. The topological polar surface area (TPSA) is 118 Å². The van der Waals surface area contributed by atoms with Crippen LogP contribution in [0.4, 0.5) is 5.69 Å². The monoisotopic (exact) mass is 429 g/mol. The molecule has 0 aromatic heterocycles. The van der Waals surface area contributed by atoms with Gasteiger partial charge in [-0.15, -0.1) is 0 Å². The molecule has 8 nitrogen and oxygen atoms in total. The molecule has 0 saturated carbocycles. The zero-order valence-corrected chi connectivity index (χ0v) is 17.5. The van der Waals surface area contributed by atoms with Gasteiger partial charge in [0.05, 0.1) is 19.8 Å². The number of unbranched alkanes of at least 4 members (excludes halogenated alkanes) is 1. The van der Waals surface area contributed by atoms with E-state index in [1.165, 1.54) is 38.4 Å². The van der Waals surface area contributed by atoms with Crippen molar-refractivity contribution < 1.29 is 22.7 Å². The Hall–Kier alpha value is -3.35. The van der Waals surface area contributed by atoms with Crippen LogP contribution < -0.4 is 19.5 Å². The highest BCUT2D eigenvalue weighted by Gasteiger charge is 2.17. The number of hydrogen-bond acceptors (Lipinski definition) is 6. The van der Waals surface area contributed by atoms with Gasteiger partial charge in [0.15, 0.2) is 0 Å². The molecule has 0 atom stereocenters. The summed E-state index contributed by atoms with van der Waals surface area (Å²) >= 11 is 0. The summed E-state index contributed by atoms with van der Waals surface area (Å²) in [4.78, 5) is 12.2. The molecule has 2 aromatic rings. The van der Waals surface area contributed by atoms with Crippen molar-refractivity contribution in [2.75, 3.05) is 26.1 Å². The van der Waals surface area contributed by atoms with E-state index in [9.17, 15) is 13.2 Å². The van der Waals surface area contributed by atoms with Crippen molar-refractivity contribution in [3.05, 3.63) is 54.1 Å². The van der Waals surface area contributed by atoms with Gasteiger partial charge in [-0.2, -0.15) is 5.26 Å². The Labute approximate surface area is 176 Å². The zero-order valence-electron chi connectivity index (χ0n) is 16.7. The predicted molar refractivity (Wildman–Crippen MR) is 114 cm³/mol. The minimum Gasteiger partial charge on any atom is -0.495 e. The molecule has 0 spiro atoms. The summed E-state index contributed by atoms with van der Waals surface area (Å²) in [6, 6.07) is 13.6. The second-order valence-electron chi connectivity index (χ2n) is 6.08. The van der Waals surface area contributed by atoms with Gasteiger partial charge in [0.25, 0.3) is 0 Å². The van der Waals surface area contributed by atoms with Crippen molar-refractivity contribution >= 4 is 27.7 Å². The van der Waals surface area contributed by atoms with Gasteiger partial charge in [-0.05, 0) is 49.4 Å². The summed E-state index contributed by atoms with van der Waals surface area (Å²) in [5.74, 6) is 0.412. The number of anilines is 1. The number of benzene rings is 2. The number of sulfonamides is 1. The van der Waals surface area contributed by atoms with Crippen molar-refractivity contribution in [2.45, 2.75) is 17.7 Å². The van der Waals surface area contributed by atoms with Crippen LogP contribution in [-0.4, -0.2) is 35.1 Å². The number of carbonyl (C=O) groups is 1. The van der Waals surface area contributed by atoms with E-state index in [-0.39, 0.29) is 16.6 Å². The molecule has 9 heteroatoms. The summed E-state index contributed by atoms with van der Waals surface area (Å²) in [5, 5.41) is 11.3. The smallest absolute Gasteiger partial charge is 0.248 e. The molecule has 0 unspecified atom stereocenters. The molecule has 0 aliphatic rings. The number of nitrogens with one attached hydrogen (secondary N) is 2. The molecule has 158 valence electrons. The Balaban J connectivity index is 2.06. The molecule has 0 radical (unpaired) electrons. The maximum absolute atomic E-state index is 12.2. The number of hydrogen-bond donors (Lipinski definition) is 2. The van der Waals surface area contributed by atoms with Gasteiger partial charge >= 0.3 is 0 Å². The lowest BCUT2D eigenvalue weighted by Gasteiger charge is -2.09. The second kappa shape index (κ2) is 11.0. The highest BCUT2D eigenvalue weighted by atomic mass is 32.2. The highest BCUT2D eigenvalue weighted by Crippen LogP contribution is 2.25. The van der Waals surface area contributed by atoms with Crippen molar-refractivity contribution in [3.63, 3.8) is 0 Å². The first-order valence-corrected chi connectivity index (χ1v) is 10.6. The first-order chi connectivity index (χ1) is 14.4. The summed E-state index contributed by atoms with van der Waals surface area (Å²) in [5.41, 5.74) is 1.07. The normalized spacial score (nSPS) is 11.1. The Kier molecular flexibility index (Phi) is 8.41. The summed E-state index contributed by atoms with van der Waals surface area (Å²) in [7, 11) is -1.01. The molecule has 0 fully saturated rings. The Morgan fingerprint density at radius 1 is 1.23 bits per heavy atom. The van der Waals surface area contributed by atoms with Gasteiger partial charge in [0.2, 0.25) is 15.9 Å². The van der Waals surface area contributed by atoms with Crippen LogP contribution in [0.3, 0.4) is 0 Å². The molecule has 2 N–H and O–H groups in total. The van der Waals surface area contributed by atoms with E-state index in [1.807, 2.05) is 0 Å². The van der Waals surface area contributed by atoms with Crippen LogP contribution in [0.1, 0.15) is 18.4 Å². The van der Waals surface area contributed by atoms with Gasteiger partial charge in [-0.3, -0.25) is 4.79 Å². The lowest BCUT2D eigenvalue weighted by atomic mass is 10.2. The fourth-order valence-corrected chi connectivity index (χ4v) is 3.41. The van der Waals surface area contributed by atoms with E-state index in [4.69, 9.17) is 14.7 Å². The van der Waals surface area contributed by atoms with Crippen LogP contribution >= 0.6 is 0 Å². The van der Waals surface area contributed by atoms with Crippen LogP contribution in [0.5, 0.6) is 11.5 Å². The number of ether oxygens (including phenoxy) is 2. The summed E-state index contributed by atoms with van der Waals surface area (Å²) < 4.78 is 37.1. The number of rotatable bonds is 10. The van der Waals surface area contributed by atoms with E-state index in [0.717, 1.165) is 0 Å².